The Bertz CT molecular complexity index is 681. The molecule has 1 fully saturated rings. The third kappa shape index (κ3) is 3.25. The van der Waals surface area contributed by atoms with Crippen LogP contribution in [0.5, 0.6) is 0 Å². The first-order valence-corrected chi connectivity index (χ1v) is 7.40. The van der Waals surface area contributed by atoms with E-state index in [1.807, 2.05) is 0 Å². The van der Waals surface area contributed by atoms with Crippen LogP contribution in [0.1, 0.15) is 24.0 Å². The molecule has 0 aliphatic heterocycles. The lowest BCUT2D eigenvalue weighted by molar-refractivity contribution is 0.617. The molecule has 0 unspecified atom stereocenters. The number of rotatable bonds is 4. The maximum Gasteiger partial charge on any atom is 0.127 e. The van der Waals surface area contributed by atoms with Crippen LogP contribution in [-0.2, 0) is 6.54 Å². The summed E-state index contributed by atoms with van der Waals surface area (Å²) in [6.07, 6.45) is 2.34. The van der Waals surface area contributed by atoms with E-state index in [2.05, 4.69) is 5.32 Å². The number of nitrogens with one attached hydrogen (secondary N) is 1. The van der Waals surface area contributed by atoms with Crippen LogP contribution in [-0.4, -0.2) is 6.04 Å². The van der Waals surface area contributed by atoms with Crippen LogP contribution >= 0.6 is 11.6 Å². The average molecular weight is 308 g/mol. The van der Waals surface area contributed by atoms with Gasteiger partial charge in [-0.2, -0.15) is 0 Å². The van der Waals surface area contributed by atoms with Gasteiger partial charge in [0.2, 0.25) is 0 Å². The number of hydrogen-bond donors (Lipinski definition) is 1. The van der Waals surface area contributed by atoms with Crippen molar-refractivity contribution in [1.82, 2.24) is 5.32 Å². The number of benzene rings is 2. The van der Waals surface area contributed by atoms with E-state index < -0.39 is 0 Å². The first-order valence-electron chi connectivity index (χ1n) is 7.02. The summed E-state index contributed by atoms with van der Waals surface area (Å²) in [4.78, 5) is 0. The highest BCUT2D eigenvalue weighted by atomic mass is 35.5. The van der Waals surface area contributed by atoms with E-state index in [1.165, 1.54) is 31.0 Å². The molecule has 3 rings (SSSR count). The van der Waals surface area contributed by atoms with E-state index in [9.17, 15) is 8.78 Å². The Hall–Kier alpha value is -1.45. The zero-order valence-electron chi connectivity index (χ0n) is 11.7. The minimum absolute atomic E-state index is 0.277. The van der Waals surface area contributed by atoms with Gasteiger partial charge in [0, 0.05) is 18.2 Å². The molecule has 0 aromatic heterocycles. The van der Waals surface area contributed by atoms with Crippen molar-refractivity contribution in [3.63, 3.8) is 0 Å². The molecule has 0 atom stereocenters. The zero-order chi connectivity index (χ0) is 15.0. The number of aryl methyl sites for hydroxylation is 1. The lowest BCUT2D eigenvalue weighted by atomic mass is 9.97. The molecule has 110 valence electrons. The van der Waals surface area contributed by atoms with Crippen LogP contribution in [0.4, 0.5) is 8.78 Å². The fourth-order valence-corrected chi connectivity index (χ4v) is 2.63. The lowest BCUT2D eigenvalue weighted by Crippen LogP contribution is -2.16. The molecule has 0 bridgehead atoms. The van der Waals surface area contributed by atoms with Gasteiger partial charge >= 0.3 is 0 Å². The molecule has 0 heterocycles. The molecule has 1 aliphatic carbocycles. The molecule has 1 aliphatic rings. The molecule has 0 spiro atoms. The SMILES string of the molecule is Cc1cc(-c2ccc(F)cc2CNC2CC2)c(Cl)cc1F. The van der Waals surface area contributed by atoms with Crippen molar-refractivity contribution < 1.29 is 8.78 Å². The monoisotopic (exact) mass is 307 g/mol. The molecule has 1 N–H and O–H groups in total. The lowest BCUT2D eigenvalue weighted by Gasteiger charge is -2.13. The van der Waals surface area contributed by atoms with Crippen LogP contribution < -0.4 is 5.32 Å². The second kappa shape index (κ2) is 5.74. The molecule has 1 saturated carbocycles. The van der Waals surface area contributed by atoms with Crippen LogP contribution in [0.15, 0.2) is 30.3 Å². The van der Waals surface area contributed by atoms with Gasteiger partial charge in [-0.3, -0.25) is 0 Å². The van der Waals surface area contributed by atoms with E-state index in [0.29, 0.717) is 23.2 Å². The van der Waals surface area contributed by atoms with Crippen molar-refractivity contribution in [3.8, 4) is 11.1 Å². The van der Waals surface area contributed by atoms with Crippen LogP contribution in [0.2, 0.25) is 5.02 Å². The minimum Gasteiger partial charge on any atom is -0.310 e. The van der Waals surface area contributed by atoms with E-state index >= 15 is 0 Å². The standard InChI is InChI=1S/C17H16ClF2N/c1-10-6-15(16(18)8-17(10)20)14-5-2-12(19)7-11(14)9-21-13-3-4-13/h2,5-8,13,21H,3-4,9H2,1H3. The predicted octanol–water partition coefficient (Wildman–Crippen LogP) is 4.85. The Morgan fingerprint density at radius 3 is 2.62 bits per heavy atom. The minimum atomic E-state index is -0.330. The molecule has 0 amide bonds. The summed E-state index contributed by atoms with van der Waals surface area (Å²) < 4.78 is 27.1. The topological polar surface area (TPSA) is 12.0 Å². The predicted molar refractivity (Wildman–Crippen MR) is 81.4 cm³/mol. The Labute approximate surface area is 127 Å². The maximum atomic E-state index is 13.5. The van der Waals surface area contributed by atoms with E-state index in [4.69, 9.17) is 11.6 Å². The summed E-state index contributed by atoms with van der Waals surface area (Å²) in [5, 5.41) is 3.72. The van der Waals surface area contributed by atoms with Gasteiger partial charge in [-0.1, -0.05) is 17.7 Å². The van der Waals surface area contributed by atoms with Crippen molar-refractivity contribution >= 4 is 11.6 Å². The second-order valence-corrected chi connectivity index (χ2v) is 5.95. The van der Waals surface area contributed by atoms with Crippen LogP contribution in [0.3, 0.4) is 0 Å². The Morgan fingerprint density at radius 1 is 1.14 bits per heavy atom. The molecule has 2 aromatic carbocycles. The van der Waals surface area contributed by atoms with Gasteiger partial charge in [-0.25, -0.2) is 8.78 Å². The Morgan fingerprint density at radius 2 is 1.90 bits per heavy atom. The molecule has 0 radical (unpaired) electrons. The van der Waals surface area contributed by atoms with Crippen molar-refractivity contribution in [2.24, 2.45) is 0 Å². The first-order chi connectivity index (χ1) is 10.0. The Kier molecular flexibility index (Phi) is 3.96. The molecule has 1 nitrogen and oxygen atoms in total. The summed E-state index contributed by atoms with van der Waals surface area (Å²) in [6.45, 7) is 2.28. The summed E-state index contributed by atoms with van der Waals surface area (Å²) >= 11 is 6.17. The van der Waals surface area contributed by atoms with Crippen molar-refractivity contribution in [2.75, 3.05) is 0 Å². The van der Waals surface area contributed by atoms with Gasteiger partial charge < -0.3 is 5.32 Å². The third-order valence-electron chi connectivity index (χ3n) is 3.76. The highest BCUT2D eigenvalue weighted by Gasteiger charge is 2.21. The molecular formula is C17H16ClF2N. The van der Waals surface area contributed by atoms with Gasteiger partial charge in [0.05, 0.1) is 5.02 Å². The van der Waals surface area contributed by atoms with E-state index in [1.54, 1.807) is 19.1 Å². The molecule has 0 saturated heterocycles. The molecular weight excluding hydrogens is 292 g/mol. The number of halogens is 3. The highest BCUT2D eigenvalue weighted by Crippen LogP contribution is 2.33. The van der Waals surface area contributed by atoms with Gasteiger partial charge in [0.15, 0.2) is 0 Å². The smallest absolute Gasteiger partial charge is 0.127 e. The largest absolute Gasteiger partial charge is 0.310 e. The summed E-state index contributed by atoms with van der Waals surface area (Å²) in [7, 11) is 0. The van der Waals surface area contributed by atoms with E-state index in [-0.39, 0.29) is 11.6 Å². The normalized spacial score (nSPS) is 14.5. The molecule has 2 aromatic rings. The van der Waals surface area contributed by atoms with Crippen molar-refractivity contribution in [3.05, 3.63) is 58.1 Å². The molecule has 21 heavy (non-hydrogen) atoms. The number of hydrogen-bond acceptors (Lipinski definition) is 1. The second-order valence-electron chi connectivity index (χ2n) is 5.54. The molecule has 4 heteroatoms. The van der Waals surface area contributed by atoms with Gasteiger partial charge in [-0.15, -0.1) is 0 Å². The zero-order valence-corrected chi connectivity index (χ0v) is 12.5. The fourth-order valence-electron chi connectivity index (χ4n) is 2.38. The summed E-state index contributed by atoms with van der Waals surface area (Å²) in [6, 6.07) is 8.19. The van der Waals surface area contributed by atoms with Crippen molar-refractivity contribution in [1.29, 1.82) is 0 Å². The quantitative estimate of drug-likeness (QED) is 0.852. The highest BCUT2D eigenvalue weighted by molar-refractivity contribution is 6.33. The van der Waals surface area contributed by atoms with Gasteiger partial charge in [0.1, 0.15) is 11.6 Å². The third-order valence-corrected chi connectivity index (χ3v) is 4.08. The first kappa shape index (κ1) is 14.5. The Balaban J connectivity index is 2.02. The average Bonchev–Trinajstić information content (AvgIpc) is 3.25. The van der Waals surface area contributed by atoms with Gasteiger partial charge in [0.25, 0.3) is 0 Å². The maximum absolute atomic E-state index is 13.5. The van der Waals surface area contributed by atoms with Crippen molar-refractivity contribution in [2.45, 2.75) is 32.4 Å². The van der Waals surface area contributed by atoms with Crippen LogP contribution in [0, 0.1) is 18.6 Å². The summed E-state index contributed by atoms with van der Waals surface area (Å²) in [5.74, 6) is -0.607. The fraction of sp³-hybridized carbons (Fsp3) is 0.294. The van der Waals surface area contributed by atoms with E-state index in [0.717, 1.165) is 16.7 Å². The summed E-state index contributed by atoms with van der Waals surface area (Å²) in [5.41, 5.74) is 2.95. The van der Waals surface area contributed by atoms with Crippen LogP contribution in [0.25, 0.3) is 11.1 Å². The van der Waals surface area contributed by atoms with Gasteiger partial charge in [-0.05, 0) is 60.7 Å².